The van der Waals surface area contributed by atoms with E-state index in [0.717, 1.165) is 17.4 Å². The maximum atomic E-state index is 13.3. The lowest BCUT2D eigenvalue weighted by Crippen LogP contribution is -2.04. The Morgan fingerprint density at radius 1 is 1.41 bits per heavy atom. The predicted molar refractivity (Wildman–Crippen MR) is 66.4 cm³/mol. The highest BCUT2D eigenvalue weighted by molar-refractivity contribution is 9.10. The van der Waals surface area contributed by atoms with Crippen LogP contribution in [-0.2, 0) is 6.54 Å². The van der Waals surface area contributed by atoms with E-state index in [1.54, 1.807) is 24.7 Å². The largest absolute Gasteiger partial charge is 0.490 e. The maximum absolute atomic E-state index is 13.3. The van der Waals surface area contributed by atoms with Crippen molar-refractivity contribution in [1.82, 2.24) is 9.55 Å². The highest BCUT2D eigenvalue weighted by Gasteiger charge is 2.03. The van der Waals surface area contributed by atoms with Crippen LogP contribution >= 0.6 is 15.9 Å². The fourth-order valence-electron chi connectivity index (χ4n) is 1.44. The van der Waals surface area contributed by atoms with Gasteiger partial charge in [0.2, 0.25) is 0 Å². The van der Waals surface area contributed by atoms with Gasteiger partial charge in [0.1, 0.15) is 0 Å². The molecule has 2 aromatic rings. The van der Waals surface area contributed by atoms with Gasteiger partial charge in [0.25, 0.3) is 0 Å². The summed E-state index contributed by atoms with van der Waals surface area (Å²) in [5.74, 6) is -0.0548. The summed E-state index contributed by atoms with van der Waals surface area (Å²) in [5.41, 5.74) is 0. The molecular formula is C12H12BrFN2O. The van der Waals surface area contributed by atoms with Crippen molar-refractivity contribution >= 4 is 15.9 Å². The lowest BCUT2D eigenvalue weighted by molar-refractivity contribution is 0.287. The second-order valence-electron chi connectivity index (χ2n) is 3.58. The Balaban J connectivity index is 1.80. The summed E-state index contributed by atoms with van der Waals surface area (Å²) in [6, 6.07) is 4.66. The minimum absolute atomic E-state index is 0.282. The topological polar surface area (TPSA) is 27.1 Å². The molecule has 2 rings (SSSR count). The second-order valence-corrected chi connectivity index (χ2v) is 4.49. The molecule has 0 spiro atoms. The number of nitrogens with zero attached hydrogens (tertiary/aromatic N) is 2. The molecule has 0 saturated heterocycles. The van der Waals surface area contributed by atoms with Crippen LogP contribution in [0.15, 0.2) is 41.4 Å². The molecule has 0 atom stereocenters. The van der Waals surface area contributed by atoms with Crippen molar-refractivity contribution in [3.63, 3.8) is 0 Å². The normalized spacial score (nSPS) is 10.5. The fraction of sp³-hybridized carbons (Fsp3) is 0.250. The zero-order valence-corrected chi connectivity index (χ0v) is 10.7. The van der Waals surface area contributed by atoms with E-state index in [1.165, 1.54) is 6.07 Å². The van der Waals surface area contributed by atoms with Gasteiger partial charge in [-0.2, -0.15) is 0 Å². The number of hydrogen-bond donors (Lipinski definition) is 0. The van der Waals surface area contributed by atoms with Gasteiger partial charge in [-0.1, -0.05) is 15.9 Å². The number of hydrogen-bond acceptors (Lipinski definition) is 2. The molecule has 0 amide bonds. The predicted octanol–water partition coefficient (Wildman–Crippen LogP) is 3.25. The van der Waals surface area contributed by atoms with E-state index in [0.29, 0.717) is 6.61 Å². The van der Waals surface area contributed by atoms with Crippen molar-refractivity contribution in [3.8, 4) is 5.75 Å². The Morgan fingerprint density at radius 3 is 3.06 bits per heavy atom. The van der Waals surface area contributed by atoms with E-state index in [9.17, 15) is 4.39 Å². The molecule has 0 aliphatic carbocycles. The van der Waals surface area contributed by atoms with Crippen LogP contribution in [0.1, 0.15) is 6.42 Å². The molecule has 0 bridgehead atoms. The average molecular weight is 299 g/mol. The number of ether oxygens (including phenoxy) is 1. The van der Waals surface area contributed by atoms with Crippen LogP contribution in [0, 0.1) is 5.82 Å². The van der Waals surface area contributed by atoms with Crippen LogP contribution in [-0.4, -0.2) is 16.2 Å². The highest BCUT2D eigenvalue weighted by atomic mass is 79.9. The van der Waals surface area contributed by atoms with Gasteiger partial charge in [-0.05, 0) is 24.6 Å². The first kappa shape index (κ1) is 12.1. The van der Waals surface area contributed by atoms with E-state index < -0.39 is 0 Å². The van der Waals surface area contributed by atoms with Gasteiger partial charge >= 0.3 is 0 Å². The molecule has 0 N–H and O–H groups in total. The van der Waals surface area contributed by atoms with Crippen LogP contribution in [0.3, 0.4) is 0 Å². The van der Waals surface area contributed by atoms with E-state index >= 15 is 0 Å². The first-order valence-electron chi connectivity index (χ1n) is 5.29. The van der Waals surface area contributed by atoms with E-state index in [2.05, 4.69) is 20.9 Å². The van der Waals surface area contributed by atoms with Crippen molar-refractivity contribution in [2.45, 2.75) is 13.0 Å². The third-order valence-electron chi connectivity index (χ3n) is 2.27. The lowest BCUT2D eigenvalue weighted by Gasteiger charge is -2.07. The number of imidazole rings is 1. The highest BCUT2D eigenvalue weighted by Crippen LogP contribution is 2.22. The molecule has 1 aromatic carbocycles. The van der Waals surface area contributed by atoms with E-state index in [1.807, 2.05) is 10.8 Å². The average Bonchev–Trinajstić information content (AvgIpc) is 2.82. The number of aryl methyl sites for hydroxylation is 1. The minimum atomic E-state index is -0.337. The van der Waals surface area contributed by atoms with Crippen LogP contribution in [0.25, 0.3) is 0 Å². The van der Waals surface area contributed by atoms with Crippen molar-refractivity contribution < 1.29 is 9.13 Å². The smallest absolute Gasteiger partial charge is 0.165 e. The number of aromatic nitrogens is 2. The quantitative estimate of drug-likeness (QED) is 0.792. The molecule has 0 radical (unpaired) electrons. The molecule has 0 fully saturated rings. The number of rotatable bonds is 5. The van der Waals surface area contributed by atoms with Gasteiger partial charge in [-0.15, -0.1) is 0 Å². The second kappa shape index (κ2) is 5.82. The molecule has 1 heterocycles. The van der Waals surface area contributed by atoms with E-state index in [-0.39, 0.29) is 11.6 Å². The minimum Gasteiger partial charge on any atom is -0.490 e. The molecule has 0 unspecified atom stereocenters. The zero-order valence-electron chi connectivity index (χ0n) is 9.14. The molecule has 0 aliphatic rings. The Kier molecular flexibility index (Phi) is 4.14. The third kappa shape index (κ3) is 3.56. The summed E-state index contributed by atoms with van der Waals surface area (Å²) in [6.45, 7) is 1.29. The lowest BCUT2D eigenvalue weighted by atomic mass is 10.3. The summed E-state index contributed by atoms with van der Waals surface area (Å²) in [6.07, 6.45) is 6.18. The summed E-state index contributed by atoms with van der Waals surface area (Å²) in [5, 5.41) is 0. The Bertz CT molecular complexity index is 473. The Hall–Kier alpha value is -1.36. The number of halogens is 2. The van der Waals surface area contributed by atoms with Crippen molar-refractivity contribution in [2.24, 2.45) is 0 Å². The Labute approximate surface area is 107 Å². The summed E-state index contributed by atoms with van der Waals surface area (Å²) in [7, 11) is 0. The van der Waals surface area contributed by atoms with Gasteiger partial charge in [-0.25, -0.2) is 9.37 Å². The molecule has 5 heteroatoms. The molecule has 0 aliphatic heterocycles. The van der Waals surface area contributed by atoms with Crippen LogP contribution in [0.2, 0.25) is 0 Å². The van der Waals surface area contributed by atoms with Gasteiger partial charge in [0.15, 0.2) is 11.6 Å². The van der Waals surface area contributed by atoms with Crippen molar-refractivity contribution in [3.05, 3.63) is 47.2 Å². The zero-order chi connectivity index (χ0) is 12.1. The molecule has 17 heavy (non-hydrogen) atoms. The monoisotopic (exact) mass is 298 g/mol. The van der Waals surface area contributed by atoms with Gasteiger partial charge < -0.3 is 9.30 Å². The molecule has 90 valence electrons. The summed E-state index contributed by atoms with van der Waals surface area (Å²) >= 11 is 3.28. The van der Waals surface area contributed by atoms with E-state index in [4.69, 9.17) is 4.74 Å². The maximum Gasteiger partial charge on any atom is 0.165 e. The van der Waals surface area contributed by atoms with Crippen LogP contribution in [0.4, 0.5) is 4.39 Å². The first-order valence-corrected chi connectivity index (χ1v) is 6.08. The molecule has 0 saturated carbocycles. The third-order valence-corrected chi connectivity index (χ3v) is 2.76. The SMILES string of the molecule is Fc1ccc(Br)cc1OCCCn1ccnc1. The van der Waals surface area contributed by atoms with Crippen LogP contribution in [0.5, 0.6) is 5.75 Å². The van der Waals surface area contributed by atoms with Crippen molar-refractivity contribution in [1.29, 1.82) is 0 Å². The fourth-order valence-corrected chi connectivity index (χ4v) is 1.78. The van der Waals surface area contributed by atoms with Gasteiger partial charge in [0, 0.05) is 23.4 Å². The summed E-state index contributed by atoms with van der Waals surface area (Å²) < 4.78 is 21.5. The molecule has 1 aromatic heterocycles. The Morgan fingerprint density at radius 2 is 2.29 bits per heavy atom. The molecular weight excluding hydrogens is 287 g/mol. The molecule has 3 nitrogen and oxygen atoms in total. The number of benzene rings is 1. The summed E-state index contributed by atoms with van der Waals surface area (Å²) in [4.78, 5) is 3.94. The van der Waals surface area contributed by atoms with Crippen LogP contribution < -0.4 is 4.74 Å². The van der Waals surface area contributed by atoms with Crippen molar-refractivity contribution in [2.75, 3.05) is 6.61 Å². The first-order chi connectivity index (χ1) is 8.25. The van der Waals surface area contributed by atoms with Gasteiger partial charge in [0.05, 0.1) is 12.9 Å². The van der Waals surface area contributed by atoms with Gasteiger partial charge in [-0.3, -0.25) is 0 Å². The standard InChI is InChI=1S/C12H12BrFN2O/c13-10-2-3-11(14)12(8-10)17-7-1-5-16-6-4-15-9-16/h2-4,6,8-9H,1,5,7H2.